The molecule has 2 rings (SSSR count). The van der Waals surface area contributed by atoms with Crippen molar-refractivity contribution in [1.29, 1.82) is 0 Å². The minimum Gasteiger partial charge on any atom is -0.474 e. The molecule has 0 amide bonds. The Morgan fingerprint density at radius 3 is 2.84 bits per heavy atom. The minimum atomic E-state index is 0.314. The zero-order chi connectivity index (χ0) is 13.8. The number of halogens is 1. The van der Waals surface area contributed by atoms with E-state index in [9.17, 15) is 0 Å². The normalized spacial score (nSPS) is 23.6. The summed E-state index contributed by atoms with van der Waals surface area (Å²) in [6.45, 7) is 6.46. The van der Waals surface area contributed by atoms with E-state index < -0.39 is 0 Å². The van der Waals surface area contributed by atoms with Gasteiger partial charge in [0.2, 0.25) is 5.88 Å². The predicted molar refractivity (Wildman–Crippen MR) is 80.5 cm³/mol. The zero-order valence-electron chi connectivity index (χ0n) is 12.0. The van der Waals surface area contributed by atoms with E-state index in [0.717, 1.165) is 29.2 Å². The first-order valence-electron chi connectivity index (χ1n) is 7.29. The molecule has 1 saturated carbocycles. The summed E-state index contributed by atoms with van der Waals surface area (Å²) in [6.07, 6.45) is 6.50. The second kappa shape index (κ2) is 6.69. The van der Waals surface area contributed by atoms with Gasteiger partial charge < -0.3 is 4.74 Å². The Bertz CT molecular complexity index is 423. The van der Waals surface area contributed by atoms with Crippen LogP contribution in [0.3, 0.4) is 0 Å². The highest BCUT2D eigenvalue weighted by molar-refractivity contribution is 9.10. The van der Waals surface area contributed by atoms with Crippen molar-refractivity contribution in [3.8, 4) is 5.88 Å². The lowest BCUT2D eigenvalue weighted by Gasteiger charge is -2.28. The van der Waals surface area contributed by atoms with Crippen LogP contribution in [0.2, 0.25) is 0 Å². The maximum absolute atomic E-state index is 6.08. The van der Waals surface area contributed by atoms with Gasteiger partial charge in [-0.3, -0.25) is 0 Å². The van der Waals surface area contributed by atoms with Crippen LogP contribution in [-0.4, -0.2) is 16.1 Å². The molecule has 4 heteroatoms. The van der Waals surface area contributed by atoms with Gasteiger partial charge in [0.1, 0.15) is 16.5 Å². The number of hydrogen-bond acceptors (Lipinski definition) is 3. The Balaban J connectivity index is 2.06. The van der Waals surface area contributed by atoms with Gasteiger partial charge in [-0.15, -0.1) is 0 Å². The maximum atomic E-state index is 6.08. The summed E-state index contributed by atoms with van der Waals surface area (Å²) in [7, 11) is 0. The molecule has 0 aromatic carbocycles. The van der Waals surface area contributed by atoms with Crippen molar-refractivity contribution >= 4 is 15.9 Å². The van der Waals surface area contributed by atoms with Crippen LogP contribution in [0, 0.1) is 5.92 Å². The highest BCUT2D eigenvalue weighted by atomic mass is 79.9. The molecule has 1 heterocycles. The Morgan fingerprint density at radius 2 is 2.16 bits per heavy atom. The number of ether oxygens (including phenoxy) is 1. The van der Waals surface area contributed by atoms with Crippen molar-refractivity contribution in [3.05, 3.63) is 16.5 Å². The molecule has 0 bridgehead atoms. The molecular formula is C15H23BrN2O. The van der Waals surface area contributed by atoms with E-state index in [1.54, 1.807) is 0 Å². The Hall–Kier alpha value is -0.640. The monoisotopic (exact) mass is 326 g/mol. The van der Waals surface area contributed by atoms with E-state index in [0.29, 0.717) is 17.9 Å². The topological polar surface area (TPSA) is 35.0 Å². The second-order valence-electron chi connectivity index (χ2n) is 5.72. The third kappa shape index (κ3) is 4.16. The molecule has 0 radical (unpaired) electrons. The first-order valence-corrected chi connectivity index (χ1v) is 8.09. The van der Waals surface area contributed by atoms with Gasteiger partial charge in [-0.25, -0.2) is 4.98 Å². The molecule has 19 heavy (non-hydrogen) atoms. The molecule has 1 fully saturated rings. The van der Waals surface area contributed by atoms with Crippen LogP contribution >= 0.6 is 15.9 Å². The molecule has 106 valence electrons. The molecule has 2 atom stereocenters. The van der Waals surface area contributed by atoms with Crippen molar-refractivity contribution in [2.24, 2.45) is 5.92 Å². The van der Waals surface area contributed by atoms with E-state index in [4.69, 9.17) is 4.74 Å². The minimum absolute atomic E-state index is 0.314. The molecule has 3 nitrogen and oxygen atoms in total. The molecule has 0 saturated heterocycles. The molecule has 1 aliphatic rings. The highest BCUT2D eigenvalue weighted by Crippen LogP contribution is 2.30. The quantitative estimate of drug-likeness (QED) is 0.751. The largest absolute Gasteiger partial charge is 0.474 e. The summed E-state index contributed by atoms with van der Waals surface area (Å²) in [5.41, 5.74) is 0. The Labute approximate surface area is 124 Å². The van der Waals surface area contributed by atoms with Crippen molar-refractivity contribution < 1.29 is 4.74 Å². The first-order chi connectivity index (χ1) is 9.08. The summed E-state index contributed by atoms with van der Waals surface area (Å²) in [5, 5.41) is 0. The van der Waals surface area contributed by atoms with E-state index in [1.807, 2.05) is 6.07 Å². The molecule has 0 aliphatic heterocycles. The second-order valence-corrected chi connectivity index (χ2v) is 6.54. The van der Waals surface area contributed by atoms with Crippen molar-refractivity contribution in [2.75, 3.05) is 0 Å². The van der Waals surface area contributed by atoms with Crippen LogP contribution in [0.25, 0.3) is 0 Å². The highest BCUT2D eigenvalue weighted by Gasteiger charge is 2.22. The van der Waals surface area contributed by atoms with Crippen molar-refractivity contribution in [2.45, 2.75) is 64.9 Å². The maximum Gasteiger partial charge on any atom is 0.218 e. The number of rotatable bonds is 4. The van der Waals surface area contributed by atoms with Gasteiger partial charge in [-0.05, 0) is 41.1 Å². The van der Waals surface area contributed by atoms with Gasteiger partial charge in [0.15, 0.2) is 0 Å². The van der Waals surface area contributed by atoms with Gasteiger partial charge in [-0.2, -0.15) is 4.98 Å². The van der Waals surface area contributed by atoms with Crippen LogP contribution in [0.4, 0.5) is 0 Å². The van der Waals surface area contributed by atoms with Crippen LogP contribution < -0.4 is 4.74 Å². The van der Waals surface area contributed by atoms with Crippen molar-refractivity contribution in [3.63, 3.8) is 0 Å². The lowest BCUT2D eigenvalue weighted by molar-refractivity contribution is 0.116. The van der Waals surface area contributed by atoms with Gasteiger partial charge in [-0.1, -0.05) is 33.6 Å². The van der Waals surface area contributed by atoms with E-state index in [-0.39, 0.29) is 0 Å². The number of hydrogen-bond donors (Lipinski definition) is 0. The van der Waals surface area contributed by atoms with E-state index in [2.05, 4.69) is 46.7 Å². The van der Waals surface area contributed by atoms with Crippen molar-refractivity contribution in [1.82, 2.24) is 9.97 Å². The van der Waals surface area contributed by atoms with E-state index in [1.165, 1.54) is 19.3 Å². The van der Waals surface area contributed by atoms with Crippen LogP contribution in [0.5, 0.6) is 5.88 Å². The molecule has 2 unspecified atom stereocenters. The summed E-state index contributed by atoms with van der Waals surface area (Å²) < 4.78 is 6.89. The zero-order valence-corrected chi connectivity index (χ0v) is 13.6. The lowest BCUT2D eigenvalue weighted by atomic mass is 9.85. The van der Waals surface area contributed by atoms with Gasteiger partial charge >= 0.3 is 0 Å². The Kier molecular flexibility index (Phi) is 5.20. The van der Waals surface area contributed by atoms with Crippen LogP contribution in [0.15, 0.2) is 10.7 Å². The average molecular weight is 327 g/mol. The molecule has 0 spiro atoms. The molecule has 1 aromatic rings. The van der Waals surface area contributed by atoms with Gasteiger partial charge in [0.25, 0.3) is 0 Å². The molecular weight excluding hydrogens is 304 g/mol. The van der Waals surface area contributed by atoms with E-state index >= 15 is 0 Å². The third-order valence-corrected chi connectivity index (χ3v) is 4.21. The Morgan fingerprint density at radius 1 is 1.37 bits per heavy atom. The average Bonchev–Trinajstić information content (AvgIpc) is 2.38. The summed E-state index contributed by atoms with van der Waals surface area (Å²) in [5.74, 6) is 2.68. The number of nitrogens with zero attached hydrogens (tertiary/aromatic N) is 2. The fourth-order valence-electron chi connectivity index (χ4n) is 2.62. The van der Waals surface area contributed by atoms with Gasteiger partial charge in [0.05, 0.1) is 0 Å². The predicted octanol–water partition coefficient (Wildman–Crippen LogP) is 4.71. The number of aromatic nitrogens is 2. The summed E-state index contributed by atoms with van der Waals surface area (Å²) >= 11 is 3.44. The fourth-order valence-corrected chi connectivity index (χ4v) is 3.00. The molecule has 1 aliphatic carbocycles. The lowest BCUT2D eigenvalue weighted by Crippen LogP contribution is -2.25. The first kappa shape index (κ1) is 14.8. The van der Waals surface area contributed by atoms with Crippen LogP contribution in [0.1, 0.15) is 64.6 Å². The fraction of sp³-hybridized carbons (Fsp3) is 0.733. The third-order valence-electron chi connectivity index (χ3n) is 3.80. The standard InChI is InChI=1S/C15H23BrN2O/c1-4-11-6-5-7-12(8-11)19-14-9-13(16)17-15(18-14)10(2)3/h9-12H,4-8H2,1-3H3. The van der Waals surface area contributed by atoms with Crippen LogP contribution in [-0.2, 0) is 0 Å². The smallest absolute Gasteiger partial charge is 0.218 e. The SMILES string of the molecule is CCC1CCCC(Oc2cc(Br)nc(C(C)C)n2)C1. The van der Waals surface area contributed by atoms with Gasteiger partial charge in [0, 0.05) is 12.0 Å². The summed E-state index contributed by atoms with van der Waals surface area (Å²) in [6, 6.07) is 1.88. The summed E-state index contributed by atoms with van der Waals surface area (Å²) in [4.78, 5) is 8.90. The molecule has 1 aromatic heterocycles. The molecule has 0 N–H and O–H groups in total.